The molecule has 0 atom stereocenters. The first kappa shape index (κ1) is 15.2. The molecule has 0 unspecified atom stereocenters. The van der Waals surface area contributed by atoms with E-state index in [1.54, 1.807) is 25.1 Å². The first-order chi connectivity index (χ1) is 12.1. The molecule has 2 amide bonds. The van der Waals surface area contributed by atoms with Crippen LogP contribution in [0, 0.1) is 6.92 Å². The highest BCUT2D eigenvalue weighted by Gasteiger charge is 2.27. The van der Waals surface area contributed by atoms with E-state index in [0.29, 0.717) is 23.6 Å². The van der Waals surface area contributed by atoms with Gasteiger partial charge in [0.1, 0.15) is 5.76 Å². The Hall–Kier alpha value is -3.34. The van der Waals surface area contributed by atoms with Crippen molar-refractivity contribution in [2.24, 2.45) is 0 Å². The van der Waals surface area contributed by atoms with E-state index in [1.807, 2.05) is 36.4 Å². The molecule has 124 valence electrons. The third-order valence-corrected chi connectivity index (χ3v) is 4.26. The Kier molecular flexibility index (Phi) is 3.61. The Morgan fingerprint density at radius 3 is 2.60 bits per heavy atom. The predicted octanol–water partition coefficient (Wildman–Crippen LogP) is 3.75. The molecule has 2 aromatic carbocycles. The van der Waals surface area contributed by atoms with Crippen molar-refractivity contribution >= 4 is 17.5 Å². The minimum absolute atomic E-state index is 0.182. The van der Waals surface area contributed by atoms with Crippen LogP contribution in [0.3, 0.4) is 0 Å². The number of fused-ring (bicyclic) bond motifs is 1. The van der Waals surface area contributed by atoms with Crippen LogP contribution in [0.25, 0.3) is 11.1 Å². The van der Waals surface area contributed by atoms with Gasteiger partial charge in [-0.25, -0.2) is 0 Å². The Morgan fingerprint density at radius 1 is 1.08 bits per heavy atom. The quantitative estimate of drug-likeness (QED) is 0.767. The van der Waals surface area contributed by atoms with Crippen molar-refractivity contribution < 1.29 is 14.0 Å². The lowest BCUT2D eigenvalue weighted by Gasteiger charge is -2.12. The summed E-state index contributed by atoms with van der Waals surface area (Å²) in [4.78, 5) is 24.7. The molecule has 0 aliphatic carbocycles. The number of carbonyl (C=O) groups excluding carboxylic acids is 2. The van der Waals surface area contributed by atoms with E-state index in [4.69, 9.17) is 4.42 Å². The fourth-order valence-corrected chi connectivity index (χ4v) is 3.08. The van der Waals surface area contributed by atoms with Crippen molar-refractivity contribution in [2.45, 2.75) is 13.5 Å². The van der Waals surface area contributed by atoms with Crippen LogP contribution in [-0.2, 0) is 6.54 Å². The van der Waals surface area contributed by atoms with Gasteiger partial charge in [0.15, 0.2) is 5.76 Å². The first-order valence-corrected chi connectivity index (χ1v) is 8.01. The summed E-state index contributed by atoms with van der Waals surface area (Å²) < 4.78 is 5.34. The third kappa shape index (κ3) is 2.70. The van der Waals surface area contributed by atoms with Crippen molar-refractivity contribution in [3.63, 3.8) is 0 Å². The molecule has 0 bridgehead atoms. The van der Waals surface area contributed by atoms with Crippen LogP contribution in [0.1, 0.15) is 32.2 Å². The van der Waals surface area contributed by atoms with Gasteiger partial charge in [-0.15, -0.1) is 0 Å². The average molecular weight is 332 g/mol. The van der Waals surface area contributed by atoms with Crippen molar-refractivity contribution in [3.05, 3.63) is 77.2 Å². The van der Waals surface area contributed by atoms with E-state index in [0.717, 1.165) is 16.7 Å². The normalized spacial score (nSPS) is 12.6. The average Bonchev–Trinajstić information content (AvgIpc) is 3.23. The van der Waals surface area contributed by atoms with Crippen LogP contribution >= 0.6 is 0 Å². The molecule has 5 heteroatoms. The summed E-state index contributed by atoms with van der Waals surface area (Å²) in [5.41, 5.74) is 3.92. The monoisotopic (exact) mass is 332 g/mol. The lowest BCUT2D eigenvalue weighted by atomic mass is 9.95. The number of aryl methyl sites for hydroxylation is 1. The number of carbonyl (C=O) groups is 2. The van der Waals surface area contributed by atoms with Crippen LogP contribution in [0.5, 0.6) is 0 Å². The molecular formula is C20H16N2O3. The van der Waals surface area contributed by atoms with E-state index >= 15 is 0 Å². The molecule has 5 nitrogen and oxygen atoms in total. The Balaban J connectivity index is 1.74. The first-order valence-electron chi connectivity index (χ1n) is 8.01. The lowest BCUT2D eigenvalue weighted by Crippen LogP contribution is -2.17. The maximum absolute atomic E-state index is 12.4. The molecule has 2 heterocycles. The number of hydrogen-bond acceptors (Lipinski definition) is 3. The highest BCUT2D eigenvalue weighted by Crippen LogP contribution is 2.34. The van der Waals surface area contributed by atoms with Gasteiger partial charge in [0.2, 0.25) is 0 Å². The second kappa shape index (κ2) is 5.94. The van der Waals surface area contributed by atoms with Crippen molar-refractivity contribution in [2.75, 3.05) is 5.32 Å². The Morgan fingerprint density at radius 2 is 1.88 bits per heavy atom. The van der Waals surface area contributed by atoms with E-state index in [1.165, 1.54) is 0 Å². The molecular weight excluding hydrogens is 316 g/mol. The maximum Gasteiger partial charge on any atom is 0.291 e. The number of anilines is 1. The van der Waals surface area contributed by atoms with Gasteiger partial charge in [-0.05, 0) is 41.8 Å². The van der Waals surface area contributed by atoms with Gasteiger partial charge in [-0.3, -0.25) is 9.59 Å². The van der Waals surface area contributed by atoms with Gasteiger partial charge in [0.05, 0.1) is 11.3 Å². The van der Waals surface area contributed by atoms with E-state index in [2.05, 4.69) is 10.6 Å². The summed E-state index contributed by atoms with van der Waals surface area (Å²) in [6.45, 7) is 2.22. The molecule has 4 rings (SSSR count). The molecule has 2 N–H and O–H groups in total. The zero-order valence-corrected chi connectivity index (χ0v) is 13.6. The number of rotatable bonds is 3. The largest absolute Gasteiger partial charge is 0.456 e. The smallest absolute Gasteiger partial charge is 0.291 e. The van der Waals surface area contributed by atoms with Gasteiger partial charge in [0.25, 0.3) is 11.8 Å². The molecule has 25 heavy (non-hydrogen) atoms. The highest BCUT2D eigenvalue weighted by atomic mass is 16.3. The topological polar surface area (TPSA) is 71.3 Å². The molecule has 0 spiro atoms. The summed E-state index contributed by atoms with van der Waals surface area (Å²) in [5.74, 6) is 0.325. The molecule has 1 aliphatic heterocycles. The Labute approximate surface area is 144 Å². The van der Waals surface area contributed by atoms with Gasteiger partial charge in [-0.1, -0.05) is 36.4 Å². The van der Waals surface area contributed by atoms with Crippen LogP contribution in [-0.4, -0.2) is 11.8 Å². The summed E-state index contributed by atoms with van der Waals surface area (Å²) in [5, 5.41) is 5.63. The van der Waals surface area contributed by atoms with Crippen LogP contribution in [0.2, 0.25) is 0 Å². The summed E-state index contributed by atoms with van der Waals surface area (Å²) in [6.07, 6.45) is 0. The van der Waals surface area contributed by atoms with Crippen molar-refractivity contribution in [3.8, 4) is 11.1 Å². The minimum atomic E-state index is -0.373. The van der Waals surface area contributed by atoms with E-state index in [9.17, 15) is 9.59 Å². The third-order valence-electron chi connectivity index (χ3n) is 4.26. The van der Waals surface area contributed by atoms with Gasteiger partial charge < -0.3 is 15.1 Å². The number of furan rings is 1. The lowest BCUT2D eigenvalue weighted by molar-refractivity contribution is 0.0966. The molecule has 0 saturated carbocycles. The molecule has 0 radical (unpaired) electrons. The zero-order chi connectivity index (χ0) is 17.4. The second-order valence-electron chi connectivity index (χ2n) is 5.93. The Bertz CT molecular complexity index is 974. The van der Waals surface area contributed by atoms with Crippen LogP contribution in [0.15, 0.2) is 59.0 Å². The molecule has 1 aliphatic rings. The van der Waals surface area contributed by atoms with Gasteiger partial charge in [0, 0.05) is 6.54 Å². The fourth-order valence-electron chi connectivity index (χ4n) is 3.08. The fraction of sp³-hybridized carbons (Fsp3) is 0.100. The van der Waals surface area contributed by atoms with Crippen LogP contribution in [0.4, 0.5) is 5.69 Å². The second-order valence-corrected chi connectivity index (χ2v) is 5.93. The van der Waals surface area contributed by atoms with Gasteiger partial charge in [-0.2, -0.15) is 0 Å². The van der Waals surface area contributed by atoms with Crippen molar-refractivity contribution in [1.82, 2.24) is 5.32 Å². The summed E-state index contributed by atoms with van der Waals surface area (Å²) >= 11 is 0. The van der Waals surface area contributed by atoms with Crippen molar-refractivity contribution in [1.29, 1.82) is 0 Å². The minimum Gasteiger partial charge on any atom is -0.456 e. The highest BCUT2D eigenvalue weighted by molar-refractivity contribution is 6.11. The predicted molar refractivity (Wildman–Crippen MR) is 94.4 cm³/mol. The number of nitrogens with one attached hydrogen (secondary N) is 2. The molecule has 3 aromatic rings. The molecule has 0 saturated heterocycles. The van der Waals surface area contributed by atoms with Gasteiger partial charge >= 0.3 is 0 Å². The SMILES string of the molecule is Cc1ccc(C(=O)Nc2ccc(-c3ccccc3)c3c2C(=O)NC3)o1. The number of benzene rings is 2. The van der Waals surface area contributed by atoms with E-state index in [-0.39, 0.29) is 17.6 Å². The standard InChI is InChI=1S/C20H16N2O3/c1-12-7-10-17(25-12)19(23)22-16-9-8-14(13-5-3-2-4-6-13)15-11-21-20(24)18(15)16/h2-10H,11H2,1H3,(H,21,24)(H,22,23). The van der Waals surface area contributed by atoms with Crippen LogP contribution < -0.4 is 10.6 Å². The number of hydrogen-bond donors (Lipinski definition) is 2. The molecule has 0 fully saturated rings. The number of amides is 2. The summed E-state index contributed by atoms with van der Waals surface area (Å²) in [6, 6.07) is 16.9. The molecule has 1 aromatic heterocycles. The van der Waals surface area contributed by atoms with E-state index < -0.39 is 0 Å². The maximum atomic E-state index is 12.4. The summed E-state index contributed by atoms with van der Waals surface area (Å²) in [7, 11) is 0. The zero-order valence-electron chi connectivity index (χ0n) is 13.6.